The first-order valence-electron chi connectivity index (χ1n) is 7.82. The minimum absolute atomic E-state index is 0.543. The van der Waals surface area contributed by atoms with Gasteiger partial charge in [-0.05, 0) is 40.7 Å². The highest BCUT2D eigenvalue weighted by molar-refractivity contribution is 5.33. The van der Waals surface area contributed by atoms with Crippen LogP contribution < -0.4 is 10.1 Å². The molecule has 0 saturated carbocycles. The molecule has 1 aromatic rings. The van der Waals surface area contributed by atoms with Gasteiger partial charge in [-0.15, -0.1) is 0 Å². The molecule has 0 spiro atoms. The summed E-state index contributed by atoms with van der Waals surface area (Å²) < 4.78 is 5.98. The Balaban J connectivity index is 2.47. The Morgan fingerprint density at radius 1 is 1.24 bits per heavy atom. The molecule has 0 radical (unpaired) electrons. The Kier molecular flexibility index (Phi) is 8.35. The van der Waals surface area contributed by atoms with Crippen molar-refractivity contribution in [3.8, 4) is 5.75 Å². The van der Waals surface area contributed by atoms with Gasteiger partial charge in [-0.3, -0.25) is 4.90 Å². The summed E-state index contributed by atoms with van der Waals surface area (Å²) in [5.74, 6) is 0.989. The Hall–Kier alpha value is -1.10. The number of hydrogen-bond donors (Lipinski definition) is 1. The number of benzene rings is 1. The van der Waals surface area contributed by atoms with Gasteiger partial charge < -0.3 is 15.0 Å². The lowest BCUT2D eigenvalue weighted by molar-refractivity contribution is 0.151. The lowest BCUT2D eigenvalue weighted by atomic mass is 10.2. The summed E-state index contributed by atoms with van der Waals surface area (Å²) >= 11 is 0. The summed E-state index contributed by atoms with van der Waals surface area (Å²) in [5, 5.41) is 3.18. The van der Waals surface area contributed by atoms with Gasteiger partial charge in [0.25, 0.3) is 0 Å². The quantitative estimate of drug-likeness (QED) is 0.714. The van der Waals surface area contributed by atoms with Crippen molar-refractivity contribution in [2.45, 2.75) is 26.4 Å². The molecule has 0 fully saturated rings. The first kappa shape index (κ1) is 18.0. The van der Waals surface area contributed by atoms with Crippen LogP contribution in [0.3, 0.4) is 0 Å². The van der Waals surface area contributed by atoms with Crippen LogP contribution in [0.2, 0.25) is 0 Å². The molecule has 120 valence electrons. The van der Waals surface area contributed by atoms with E-state index in [-0.39, 0.29) is 0 Å². The molecule has 0 aromatic heterocycles. The summed E-state index contributed by atoms with van der Waals surface area (Å²) in [4.78, 5) is 4.69. The number of para-hydroxylation sites is 1. The van der Waals surface area contributed by atoms with Gasteiger partial charge in [0, 0.05) is 31.2 Å². The largest absolute Gasteiger partial charge is 0.492 e. The van der Waals surface area contributed by atoms with Crippen LogP contribution in [0.5, 0.6) is 5.75 Å². The molecule has 0 heterocycles. The molecule has 0 aliphatic heterocycles. The minimum atomic E-state index is 0.543. The van der Waals surface area contributed by atoms with Crippen molar-refractivity contribution in [1.29, 1.82) is 0 Å². The minimum Gasteiger partial charge on any atom is -0.492 e. The van der Waals surface area contributed by atoms with E-state index in [4.69, 9.17) is 4.74 Å². The van der Waals surface area contributed by atoms with E-state index in [2.05, 4.69) is 55.2 Å². The topological polar surface area (TPSA) is 27.7 Å². The molecule has 1 N–H and O–H groups in total. The molecular weight excluding hydrogens is 262 g/mol. The van der Waals surface area contributed by atoms with Crippen molar-refractivity contribution < 1.29 is 4.74 Å². The second-order valence-corrected chi connectivity index (χ2v) is 5.73. The Labute approximate surface area is 130 Å². The number of nitrogens with one attached hydrogen (secondary N) is 1. The van der Waals surface area contributed by atoms with E-state index in [0.717, 1.165) is 38.5 Å². The summed E-state index contributed by atoms with van der Waals surface area (Å²) in [6, 6.07) is 8.78. The van der Waals surface area contributed by atoms with Crippen molar-refractivity contribution >= 4 is 0 Å². The fraction of sp³-hybridized carbons (Fsp3) is 0.647. The summed E-state index contributed by atoms with van der Waals surface area (Å²) in [7, 11) is 6.20. The second-order valence-electron chi connectivity index (χ2n) is 5.73. The standard InChI is InChI=1S/C17H31N3O/c1-6-20(15(2)14-19(4)5)11-12-21-17-10-8-7-9-16(17)13-18-3/h7-10,15,18H,6,11-14H2,1-5H3. The normalized spacial score (nSPS) is 12.9. The first-order valence-corrected chi connectivity index (χ1v) is 7.82. The Bertz CT molecular complexity index is 395. The monoisotopic (exact) mass is 293 g/mol. The molecule has 4 nitrogen and oxygen atoms in total. The molecule has 0 aliphatic rings. The van der Waals surface area contributed by atoms with E-state index < -0.39 is 0 Å². The third-order valence-electron chi connectivity index (χ3n) is 3.63. The summed E-state index contributed by atoms with van der Waals surface area (Å²) in [6.45, 7) is 9.14. The molecule has 1 aromatic carbocycles. The number of hydrogen-bond acceptors (Lipinski definition) is 4. The van der Waals surface area contributed by atoms with Gasteiger partial charge in [0.1, 0.15) is 12.4 Å². The van der Waals surface area contributed by atoms with Gasteiger partial charge in [-0.2, -0.15) is 0 Å². The van der Waals surface area contributed by atoms with E-state index in [1.54, 1.807) is 0 Å². The fourth-order valence-electron chi connectivity index (χ4n) is 2.59. The highest BCUT2D eigenvalue weighted by Gasteiger charge is 2.13. The third kappa shape index (κ3) is 6.46. The van der Waals surface area contributed by atoms with Gasteiger partial charge in [0.2, 0.25) is 0 Å². The van der Waals surface area contributed by atoms with Crippen molar-refractivity contribution in [3.63, 3.8) is 0 Å². The van der Waals surface area contributed by atoms with E-state index >= 15 is 0 Å². The average molecular weight is 293 g/mol. The predicted molar refractivity (Wildman–Crippen MR) is 90.0 cm³/mol. The predicted octanol–water partition coefficient (Wildman–Crippen LogP) is 2.06. The second kappa shape index (κ2) is 9.77. The number of rotatable bonds is 10. The smallest absolute Gasteiger partial charge is 0.123 e. The Morgan fingerprint density at radius 2 is 1.95 bits per heavy atom. The summed E-state index contributed by atoms with van der Waals surface area (Å²) in [6.07, 6.45) is 0. The average Bonchev–Trinajstić information content (AvgIpc) is 2.44. The lowest BCUT2D eigenvalue weighted by Gasteiger charge is -2.29. The van der Waals surface area contributed by atoms with Crippen LogP contribution >= 0.6 is 0 Å². The highest BCUT2D eigenvalue weighted by atomic mass is 16.5. The first-order chi connectivity index (χ1) is 10.1. The molecule has 0 saturated heterocycles. The van der Waals surface area contributed by atoms with Crippen LogP contribution in [0.4, 0.5) is 0 Å². The molecular formula is C17H31N3O. The van der Waals surface area contributed by atoms with Gasteiger partial charge >= 0.3 is 0 Å². The molecule has 1 unspecified atom stereocenters. The van der Waals surface area contributed by atoms with Crippen LogP contribution in [0.1, 0.15) is 19.4 Å². The van der Waals surface area contributed by atoms with Crippen molar-refractivity contribution in [1.82, 2.24) is 15.1 Å². The van der Waals surface area contributed by atoms with E-state index in [1.807, 2.05) is 19.2 Å². The van der Waals surface area contributed by atoms with E-state index in [9.17, 15) is 0 Å². The van der Waals surface area contributed by atoms with Crippen LogP contribution in [0.15, 0.2) is 24.3 Å². The van der Waals surface area contributed by atoms with Crippen molar-refractivity contribution in [2.24, 2.45) is 0 Å². The van der Waals surface area contributed by atoms with E-state index in [1.165, 1.54) is 5.56 Å². The van der Waals surface area contributed by atoms with E-state index in [0.29, 0.717) is 6.04 Å². The number of nitrogens with zero attached hydrogens (tertiary/aromatic N) is 2. The van der Waals surface area contributed by atoms with Crippen molar-refractivity contribution in [3.05, 3.63) is 29.8 Å². The van der Waals surface area contributed by atoms with Gasteiger partial charge in [-0.25, -0.2) is 0 Å². The van der Waals surface area contributed by atoms with Crippen molar-refractivity contribution in [2.75, 3.05) is 47.4 Å². The van der Waals surface area contributed by atoms with Gasteiger partial charge in [0.15, 0.2) is 0 Å². The van der Waals surface area contributed by atoms with Crippen LogP contribution in [0.25, 0.3) is 0 Å². The number of ether oxygens (including phenoxy) is 1. The highest BCUT2D eigenvalue weighted by Crippen LogP contribution is 2.17. The molecule has 4 heteroatoms. The van der Waals surface area contributed by atoms with Crippen LogP contribution in [-0.2, 0) is 6.54 Å². The molecule has 21 heavy (non-hydrogen) atoms. The maximum absolute atomic E-state index is 5.98. The van der Waals surface area contributed by atoms with Gasteiger partial charge in [0.05, 0.1) is 0 Å². The molecule has 0 aliphatic carbocycles. The fourth-order valence-corrected chi connectivity index (χ4v) is 2.59. The zero-order valence-corrected chi connectivity index (χ0v) is 14.2. The summed E-state index contributed by atoms with van der Waals surface area (Å²) in [5.41, 5.74) is 1.21. The zero-order valence-electron chi connectivity index (χ0n) is 14.2. The maximum atomic E-state index is 5.98. The Morgan fingerprint density at radius 3 is 2.57 bits per heavy atom. The zero-order chi connectivity index (χ0) is 15.7. The molecule has 1 atom stereocenters. The molecule has 0 amide bonds. The molecule has 0 bridgehead atoms. The molecule has 1 rings (SSSR count). The van der Waals surface area contributed by atoms with Crippen LogP contribution in [-0.4, -0.2) is 63.2 Å². The van der Waals surface area contributed by atoms with Crippen LogP contribution in [0, 0.1) is 0 Å². The lowest BCUT2D eigenvalue weighted by Crippen LogP contribution is -2.42. The third-order valence-corrected chi connectivity index (χ3v) is 3.63. The SMILES string of the molecule is CCN(CCOc1ccccc1CNC)C(C)CN(C)C. The maximum Gasteiger partial charge on any atom is 0.123 e. The number of likely N-dealkylation sites (N-methyl/N-ethyl adjacent to an activating group) is 2. The van der Waals surface area contributed by atoms with Gasteiger partial charge in [-0.1, -0.05) is 25.1 Å².